The van der Waals surface area contributed by atoms with Crippen molar-refractivity contribution in [3.05, 3.63) is 16.3 Å². The minimum atomic E-state index is -0.672. The van der Waals surface area contributed by atoms with Crippen LogP contribution in [-0.4, -0.2) is 24.2 Å². The van der Waals surface area contributed by atoms with Crippen molar-refractivity contribution in [1.82, 2.24) is 0 Å². The van der Waals surface area contributed by atoms with Gasteiger partial charge >= 0.3 is 5.97 Å². The molecule has 1 aromatic rings. The number of aryl methyl sites for hydroxylation is 1. The van der Waals surface area contributed by atoms with Crippen LogP contribution in [0.5, 0.6) is 0 Å². The molecular weight excluding hydrogens is 198 g/mol. The Balaban J connectivity index is 2.02. The molecule has 0 bridgehead atoms. The molecule has 76 valence electrons. The van der Waals surface area contributed by atoms with Crippen LogP contribution in [0.3, 0.4) is 0 Å². The average Bonchev–Trinajstić information content (AvgIpc) is 2.48. The van der Waals surface area contributed by atoms with Crippen LogP contribution in [0.4, 0.5) is 5.69 Å². The zero-order chi connectivity index (χ0) is 10.1. The maximum atomic E-state index is 10.6. The van der Waals surface area contributed by atoms with Crippen LogP contribution in [0.2, 0.25) is 0 Å². The van der Waals surface area contributed by atoms with Gasteiger partial charge in [0.2, 0.25) is 0 Å². The molecular formula is C10H13NO2S. The highest BCUT2D eigenvalue weighted by Crippen LogP contribution is 2.31. The summed E-state index contributed by atoms with van der Waals surface area (Å²) in [6, 6.07) is 0. The number of hydrogen-bond acceptors (Lipinski definition) is 3. The lowest BCUT2D eigenvalue weighted by atomic mass is 9.99. The Hall–Kier alpha value is -1.03. The zero-order valence-electron chi connectivity index (χ0n) is 8.06. The number of hydrogen-bond donors (Lipinski definition) is 1. The number of rotatable bonds is 3. The van der Waals surface area contributed by atoms with Crippen molar-refractivity contribution in [3.8, 4) is 0 Å². The molecule has 3 nitrogen and oxygen atoms in total. The summed E-state index contributed by atoms with van der Waals surface area (Å²) in [5.41, 5.74) is 2.56. The zero-order valence-corrected chi connectivity index (χ0v) is 8.88. The molecule has 4 heteroatoms. The molecule has 0 unspecified atom stereocenters. The summed E-state index contributed by atoms with van der Waals surface area (Å²) in [7, 11) is 0. The number of anilines is 1. The Morgan fingerprint density at radius 3 is 2.93 bits per heavy atom. The van der Waals surface area contributed by atoms with E-state index in [1.54, 1.807) is 11.3 Å². The predicted molar refractivity (Wildman–Crippen MR) is 57.0 cm³/mol. The average molecular weight is 211 g/mol. The van der Waals surface area contributed by atoms with E-state index in [0.717, 1.165) is 6.42 Å². The molecule has 0 radical (unpaired) electrons. The number of carbonyl (C=O) groups is 1. The molecule has 14 heavy (non-hydrogen) atoms. The van der Waals surface area contributed by atoms with E-state index in [-0.39, 0.29) is 5.92 Å². The first-order chi connectivity index (χ1) is 6.72. The minimum Gasteiger partial charge on any atom is -0.481 e. The summed E-state index contributed by atoms with van der Waals surface area (Å²) in [5.74, 6) is -0.839. The second-order valence-corrected chi connectivity index (χ2v) is 4.32. The lowest BCUT2D eigenvalue weighted by molar-refractivity contribution is -0.142. The van der Waals surface area contributed by atoms with Gasteiger partial charge in [-0.3, -0.25) is 4.79 Å². The van der Waals surface area contributed by atoms with Crippen LogP contribution < -0.4 is 4.90 Å². The van der Waals surface area contributed by atoms with Gasteiger partial charge in [0.05, 0.1) is 11.6 Å². The first kappa shape index (κ1) is 9.52. The van der Waals surface area contributed by atoms with Crippen LogP contribution in [0.25, 0.3) is 0 Å². The van der Waals surface area contributed by atoms with Gasteiger partial charge in [0.1, 0.15) is 0 Å². The van der Waals surface area contributed by atoms with E-state index in [0.29, 0.717) is 13.1 Å². The quantitative estimate of drug-likeness (QED) is 0.829. The van der Waals surface area contributed by atoms with Crippen molar-refractivity contribution in [3.63, 3.8) is 0 Å². The predicted octanol–water partition coefficient (Wildman–Crippen LogP) is 1.83. The second kappa shape index (κ2) is 3.61. The number of nitrogens with zero attached hydrogens (tertiary/aromatic N) is 1. The van der Waals surface area contributed by atoms with Crippen molar-refractivity contribution in [2.24, 2.45) is 5.92 Å². The fourth-order valence-electron chi connectivity index (χ4n) is 1.69. The molecule has 1 aliphatic rings. The first-order valence-corrected chi connectivity index (χ1v) is 5.69. The van der Waals surface area contributed by atoms with E-state index < -0.39 is 5.97 Å². The third-order valence-corrected chi connectivity index (χ3v) is 3.45. The lowest BCUT2D eigenvalue weighted by Crippen LogP contribution is -2.50. The summed E-state index contributed by atoms with van der Waals surface area (Å²) >= 11 is 1.69. The third-order valence-electron chi connectivity index (χ3n) is 2.67. The molecule has 1 saturated heterocycles. The van der Waals surface area contributed by atoms with Crippen LogP contribution in [0.1, 0.15) is 12.5 Å². The maximum Gasteiger partial charge on any atom is 0.310 e. The van der Waals surface area contributed by atoms with E-state index in [1.165, 1.54) is 11.3 Å². The van der Waals surface area contributed by atoms with E-state index in [4.69, 9.17) is 5.11 Å². The van der Waals surface area contributed by atoms with Crippen LogP contribution in [-0.2, 0) is 11.2 Å². The molecule has 1 N–H and O–H groups in total. The highest BCUT2D eigenvalue weighted by molar-refractivity contribution is 7.08. The van der Waals surface area contributed by atoms with E-state index in [9.17, 15) is 4.79 Å². The summed E-state index contributed by atoms with van der Waals surface area (Å²) < 4.78 is 0. The summed E-state index contributed by atoms with van der Waals surface area (Å²) in [6.07, 6.45) is 1.02. The SMILES string of the molecule is CCc1cscc1N1CC(C(=O)O)C1. The minimum absolute atomic E-state index is 0.167. The van der Waals surface area contributed by atoms with Gasteiger partial charge in [0.25, 0.3) is 0 Å². The van der Waals surface area contributed by atoms with Gasteiger partial charge in [0.15, 0.2) is 0 Å². The third kappa shape index (κ3) is 1.50. The van der Waals surface area contributed by atoms with Gasteiger partial charge < -0.3 is 10.0 Å². The molecule has 0 saturated carbocycles. The van der Waals surface area contributed by atoms with Crippen molar-refractivity contribution in [2.75, 3.05) is 18.0 Å². The first-order valence-electron chi connectivity index (χ1n) is 4.75. The number of aliphatic carboxylic acids is 1. The summed E-state index contributed by atoms with van der Waals surface area (Å²) in [6.45, 7) is 3.46. The largest absolute Gasteiger partial charge is 0.481 e. The standard InChI is InChI=1S/C10H13NO2S/c1-2-7-5-14-6-9(7)11-3-8(4-11)10(12)13/h5-6,8H,2-4H2,1H3,(H,12,13). The van der Waals surface area contributed by atoms with Crippen molar-refractivity contribution in [1.29, 1.82) is 0 Å². The molecule has 2 rings (SSSR count). The monoisotopic (exact) mass is 211 g/mol. The highest BCUT2D eigenvalue weighted by atomic mass is 32.1. The van der Waals surface area contributed by atoms with Crippen molar-refractivity contribution in [2.45, 2.75) is 13.3 Å². The Bertz CT molecular complexity index is 342. The molecule has 0 spiro atoms. The molecule has 1 aromatic heterocycles. The fourth-order valence-corrected chi connectivity index (χ4v) is 2.64. The van der Waals surface area contributed by atoms with Crippen LogP contribution in [0.15, 0.2) is 10.8 Å². The van der Waals surface area contributed by atoms with Crippen LogP contribution >= 0.6 is 11.3 Å². The number of carboxylic acids is 1. The van der Waals surface area contributed by atoms with E-state index >= 15 is 0 Å². The molecule has 0 atom stereocenters. The van der Waals surface area contributed by atoms with Crippen LogP contribution in [0, 0.1) is 5.92 Å². The summed E-state index contributed by atoms with van der Waals surface area (Å²) in [4.78, 5) is 12.8. The Morgan fingerprint density at radius 2 is 2.36 bits per heavy atom. The smallest absolute Gasteiger partial charge is 0.310 e. The maximum absolute atomic E-state index is 10.6. The molecule has 0 amide bonds. The topological polar surface area (TPSA) is 40.5 Å². The van der Waals surface area contributed by atoms with Gasteiger partial charge in [-0.2, -0.15) is 0 Å². The molecule has 1 fully saturated rings. The molecule has 1 aliphatic heterocycles. The van der Waals surface area contributed by atoms with Crippen molar-refractivity contribution < 1.29 is 9.90 Å². The Morgan fingerprint density at radius 1 is 1.64 bits per heavy atom. The van der Waals surface area contributed by atoms with E-state index in [2.05, 4.69) is 22.6 Å². The molecule has 2 heterocycles. The van der Waals surface area contributed by atoms with Gasteiger partial charge in [-0.25, -0.2) is 0 Å². The fraction of sp³-hybridized carbons (Fsp3) is 0.500. The van der Waals surface area contributed by atoms with Gasteiger partial charge in [0, 0.05) is 18.5 Å². The lowest BCUT2D eigenvalue weighted by Gasteiger charge is -2.38. The molecule has 0 aromatic carbocycles. The number of carboxylic acid groups (broad SMARTS) is 1. The normalized spacial score (nSPS) is 16.8. The van der Waals surface area contributed by atoms with Gasteiger partial charge in [-0.1, -0.05) is 6.92 Å². The molecule has 0 aliphatic carbocycles. The highest BCUT2D eigenvalue weighted by Gasteiger charge is 2.33. The summed E-state index contributed by atoms with van der Waals surface area (Å²) in [5, 5.41) is 13.0. The van der Waals surface area contributed by atoms with Gasteiger partial charge in [-0.05, 0) is 17.4 Å². The Kier molecular flexibility index (Phi) is 2.46. The van der Waals surface area contributed by atoms with E-state index in [1.807, 2.05) is 0 Å². The number of thiophene rings is 1. The van der Waals surface area contributed by atoms with Crippen molar-refractivity contribution >= 4 is 23.0 Å². The Labute approximate surface area is 87.0 Å². The van der Waals surface area contributed by atoms with Gasteiger partial charge in [-0.15, -0.1) is 11.3 Å². The second-order valence-electron chi connectivity index (χ2n) is 3.58.